The van der Waals surface area contributed by atoms with E-state index in [1.54, 1.807) is 4.90 Å². The molecule has 0 saturated carbocycles. The van der Waals surface area contributed by atoms with E-state index in [4.69, 9.17) is 0 Å². The lowest BCUT2D eigenvalue weighted by Crippen LogP contribution is -2.50. The van der Waals surface area contributed by atoms with E-state index in [1.165, 1.54) is 0 Å². The second kappa shape index (κ2) is 5.77. The average Bonchev–Trinajstić information content (AvgIpc) is 2.40. The number of carbonyl (C=O) groups excluding carboxylic acids is 1. The zero-order chi connectivity index (χ0) is 13.0. The standard InChI is InChI=1S/C12H15F2N3O/c13-10-1-2-11(14)9(7-10)8-16-12(18)17-5-3-15-4-6-17/h1-2,7,15H,3-6,8H2,(H,16,18). The quantitative estimate of drug-likeness (QED) is 0.830. The van der Waals surface area contributed by atoms with Crippen LogP contribution in [0.4, 0.5) is 13.6 Å². The molecule has 1 aromatic carbocycles. The van der Waals surface area contributed by atoms with Crippen molar-refractivity contribution in [3.8, 4) is 0 Å². The van der Waals surface area contributed by atoms with Gasteiger partial charge in [-0.3, -0.25) is 0 Å². The van der Waals surface area contributed by atoms with Gasteiger partial charge in [-0.1, -0.05) is 0 Å². The van der Waals surface area contributed by atoms with Crippen LogP contribution in [0.3, 0.4) is 0 Å². The third-order valence-electron chi connectivity index (χ3n) is 2.84. The third kappa shape index (κ3) is 3.16. The molecule has 4 nitrogen and oxygen atoms in total. The Labute approximate surface area is 104 Å². The predicted molar refractivity (Wildman–Crippen MR) is 63.0 cm³/mol. The first-order valence-corrected chi connectivity index (χ1v) is 5.84. The molecular formula is C12H15F2N3O. The first kappa shape index (κ1) is 12.8. The summed E-state index contributed by atoms with van der Waals surface area (Å²) in [7, 11) is 0. The Bertz CT molecular complexity index is 433. The highest BCUT2D eigenvalue weighted by molar-refractivity contribution is 5.74. The van der Waals surface area contributed by atoms with Crippen LogP contribution < -0.4 is 10.6 Å². The van der Waals surface area contributed by atoms with Gasteiger partial charge in [-0.25, -0.2) is 13.6 Å². The van der Waals surface area contributed by atoms with Gasteiger partial charge in [0.2, 0.25) is 0 Å². The van der Waals surface area contributed by atoms with Gasteiger partial charge in [-0.05, 0) is 18.2 Å². The van der Waals surface area contributed by atoms with Crippen molar-refractivity contribution in [2.45, 2.75) is 6.54 Å². The van der Waals surface area contributed by atoms with Crippen LogP contribution in [0.2, 0.25) is 0 Å². The largest absolute Gasteiger partial charge is 0.334 e. The Kier molecular flexibility index (Phi) is 4.09. The van der Waals surface area contributed by atoms with Gasteiger partial charge in [0.25, 0.3) is 0 Å². The smallest absolute Gasteiger partial charge is 0.317 e. The summed E-state index contributed by atoms with van der Waals surface area (Å²) < 4.78 is 26.2. The van der Waals surface area contributed by atoms with Crippen molar-refractivity contribution >= 4 is 6.03 Å². The molecule has 2 rings (SSSR count). The van der Waals surface area contributed by atoms with E-state index < -0.39 is 11.6 Å². The van der Waals surface area contributed by atoms with E-state index in [2.05, 4.69) is 10.6 Å². The zero-order valence-corrected chi connectivity index (χ0v) is 9.88. The van der Waals surface area contributed by atoms with Crippen LogP contribution in [0.5, 0.6) is 0 Å². The molecule has 18 heavy (non-hydrogen) atoms. The first-order chi connectivity index (χ1) is 8.66. The molecular weight excluding hydrogens is 240 g/mol. The molecule has 2 amide bonds. The highest BCUT2D eigenvalue weighted by atomic mass is 19.1. The lowest BCUT2D eigenvalue weighted by atomic mass is 10.2. The minimum atomic E-state index is -0.517. The zero-order valence-electron chi connectivity index (χ0n) is 9.88. The second-order valence-electron chi connectivity index (χ2n) is 4.13. The van der Waals surface area contributed by atoms with Gasteiger partial charge in [-0.2, -0.15) is 0 Å². The van der Waals surface area contributed by atoms with E-state index >= 15 is 0 Å². The molecule has 0 radical (unpaired) electrons. The van der Waals surface area contributed by atoms with E-state index in [1.807, 2.05) is 0 Å². The molecule has 1 fully saturated rings. The molecule has 1 aliphatic heterocycles. The van der Waals surface area contributed by atoms with Crippen LogP contribution in [0.1, 0.15) is 5.56 Å². The highest BCUT2D eigenvalue weighted by Gasteiger charge is 2.16. The monoisotopic (exact) mass is 255 g/mol. The lowest BCUT2D eigenvalue weighted by molar-refractivity contribution is 0.189. The number of hydrogen-bond donors (Lipinski definition) is 2. The Hall–Kier alpha value is -1.69. The Balaban J connectivity index is 1.90. The molecule has 0 unspecified atom stereocenters. The summed E-state index contributed by atoms with van der Waals surface area (Å²) in [5.74, 6) is -1.03. The van der Waals surface area contributed by atoms with Gasteiger partial charge < -0.3 is 15.5 Å². The number of halogens is 2. The lowest BCUT2D eigenvalue weighted by Gasteiger charge is -2.27. The van der Waals surface area contributed by atoms with Crippen LogP contribution in [-0.2, 0) is 6.54 Å². The molecule has 0 aliphatic carbocycles. The van der Waals surface area contributed by atoms with E-state index in [-0.39, 0.29) is 18.1 Å². The van der Waals surface area contributed by atoms with Crippen molar-refractivity contribution < 1.29 is 13.6 Å². The number of nitrogens with one attached hydrogen (secondary N) is 2. The summed E-state index contributed by atoms with van der Waals surface area (Å²) in [5.41, 5.74) is 0.151. The number of piperazine rings is 1. The van der Waals surface area contributed by atoms with Crippen LogP contribution in [0.25, 0.3) is 0 Å². The minimum Gasteiger partial charge on any atom is -0.334 e. The molecule has 1 heterocycles. The normalized spacial score (nSPS) is 15.6. The number of urea groups is 1. The van der Waals surface area contributed by atoms with Crippen molar-refractivity contribution in [1.82, 2.24) is 15.5 Å². The summed E-state index contributed by atoms with van der Waals surface area (Å²) in [6.45, 7) is 2.74. The SMILES string of the molecule is O=C(NCc1cc(F)ccc1F)N1CCNCC1. The molecule has 1 aliphatic rings. The van der Waals surface area contributed by atoms with E-state index in [0.717, 1.165) is 31.3 Å². The predicted octanol–water partition coefficient (Wildman–Crippen LogP) is 1.08. The fourth-order valence-corrected chi connectivity index (χ4v) is 1.83. The fraction of sp³-hybridized carbons (Fsp3) is 0.417. The highest BCUT2D eigenvalue weighted by Crippen LogP contribution is 2.09. The summed E-state index contributed by atoms with van der Waals surface area (Å²) in [6.07, 6.45) is 0. The first-order valence-electron chi connectivity index (χ1n) is 5.84. The van der Waals surface area contributed by atoms with Crippen molar-refractivity contribution in [2.75, 3.05) is 26.2 Å². The van der Waals surface area contributed by atoms with Crippen molar-refractivity contribution in [3.05, 3.63) is 35.4 Å². The third-order valence-corrected chi connectivity index (χ3v) is 2.84. The van der Waals surface area contributed by atoms with Gasteiger partial charge in [0.05, 0.1) is 0 Å². The Morgan fingerprint density at radius 2 is 2.06 bits per heavy atom. The van der Waals surface area contributed by atoms with Gasteiger partial charge in [0.1, 0.15) is 11.6 Å². The van der Waals surface area contributed by atoms with Gasteiger partial charge in [0.15, 0.2) is 0 Å². The minimum absolute atomic E-state index is 0.00758. The summed E-state index contributed by atoms with van der Waals surface area (Å²) in [6, 6.07) is 2.95. The van der Waals surface area contributed by atoms with Gasteiger partial charge >= 0.3 is 6.03 Å². The van der Waals surface area contributed by atoms with Gasteiger partial charge in [0, 0.05) is 38.3 Å². The van der Waals surface area contributed by atoms with Crippen molar-refractivity contribution in [2.24, 2.45) is 0 Å². The molecule has 6 heteroatoms. The molecule has 0 aromatic heterocycles. The maximum absolute atomic E-state index is 13.3. The fourth-order valence-electron chi connectivity index (χ4n) is 1.83. The number of hydrogen-bond acceptors (Lipinski definition) is 2. The topological polar surface area (TPSA) is 44.4 Å². The van der Waals surface area contributed by atoms with Gasteiger partial charge in [-0.15, -0.1) is 0 Å². The maximum Gasteiger partial charge on any atom is 0.317 e. The molecule has 1 saturated heterocycles. The number of carbonyl (C=O) groups is 1. The Morgan fingerprint density at radius 3 is 2.78 bits per heavy atom. The summed E-state index contributed by atoms with van der Waals surface area (Å²) in [4.78, 5) is 13.4. The number of rotatable bonds is 2. The molecule has 0 bridgehead atoms. The maximum atomic E-state index is 13.3. The molecule has 0 atom stereocenters. The number of benzene rings is 1. The molecule has 1 aromatic rings. The van der Waals surface area contributed by atoms with Crippen LogP contribution in [-0.4, -0.2) is 37.1 Å². The van der Waals surface area contributed by atoms with E-state index in [0.29, 0.717) is 13.1 Å². The molecule has 2 N–H and O–H groups in total. The average molecular weight is 255 g/mol. The summed E-state index contributed by atoms with van der Waals surface area (Å²) >= 11 is 0. The Morgan fingerprint density at radius 1 is 1.33 bits per heavy atom. The molecule has 98 valence electrons. The number of nitrogens with zero attached hydrogens (tertiary/aromatic N) is 1. The molecule has 0 spiro atoms. The van der Waals surface area contributed by atoms with E-state index in [9.17, 15) is 13.6 Å². The summed E-state index contributed by atoms with van der Waals surface area (Å²) in [5, 5.41) is 5.72. The van der Waals surface area contributed by atoms with Crippen molar-refractivity contribution in [1.29, 1.82) is 0 Å². The van der Waals surface area contributed by atoms with Crippen LogP contribution in [0, 0.1) is 11.6 Å². The second-order valence-corrected chi connectivity index (χ2v) is 4.13. The number of amides is 2. The van der Waals surface area contributed by atoms with Crippen LogP contribution in [0.15, 0.2) is 18.2 Å². The van der Waals surface area contributed by atoms with Crippen LogP contribution >= 0.6 is 0 Å². The van der Waals surface area contributed by atoms with Crippen molar-refractivity contribution in [3.63, 3.8) is 0 Å².